The Morgan fingerprint density at radius 1 is 1.39 bits per heavy atom. The monoisotopic (exact) mass is 319 g/mol. The molecule has 1 aliphatic heterocycles. The van der Waals surface area contributed by atoms with Crippen molar-refractivity contribution in [1.82, 2.24) is 4.90 Å². The van der Waals surface area contributed by atoms with Crippen LogP contribution in [0.1, 0.15) is 48.5 Å². The molecule has 0 radical (unpaired) electrons. The van der Waals surface area contributed by atoms with E-state index in [2.05, 4.69) is 0 Å². The zero-order valence-electron chi connectivity index (χ0n) is 13.8. The standard InChI is InChI=1S/C18H25NO4/c1-13(2)11-19(8-6-17(20)21)18(22)15-5-3-4-14(10-15)16-7-9-23-12-16/h3-5,10,13,16H,6-9,11-12H2,1-2H3,(H,20,21). The first kappa shape index (κ1) is 17.5. The maximum atomic E-state index is 12.8. The van der Waals surface area contributed by atoms with E-state index in [0.717, 1.165) is 18.6 Å². The highest BCUT2D eigenvalue weighted by Crippen LogP contribution is 2.26. The fraction of sp³-hybridized carbons (Fsp3) is 0.556. The number of hydrogen-bond donors (Lipinski definition) is 1. The van der Waals surface area contributed by atoms with Gasteiger partial charge in [0, 0.05) is 31.2 Å². The van der Waals surface area contributed by atoms with Crippen LogP contribution in [0.25, 0.3) is 0 Å². The van der Waals surface area contributed by atoms with Crippen LogP contribution in [-0.4, -0.2) is 48.2 Å². The second kappa shape index (κ2) is 8.11. The number of carboxylic acids is 1. The van der Waals surface area contributed by atoms with Gasteiger partial charge in [0.1, 0.15) is 0 Å². The first-order valence-corrected chi connectivity index (χ1v) is 8.16. The lowest BCUT2D eigenvalue weighted by Gasteiger charge is -2.24. The number of ether oxygens (including phenoxy) is 1. The molecule has 0 saturated carbocycles. The maximum Gasteiger partial charge on any atom is 0.305 e. The Morgan fingerprint density at radius 3 is 2.78 bits per heavy atom. The first-order valence-electron chi connectivity index (χ1n) is 8.16. The predicted molar refractivity (Wildman–Crippen MR) is 87.6 cm³/mol. The summed E-state index contributed by atoms with van der Waals surface area (Å²) in [5.74, 6) is -0.344. The molecule has 1 aromatic carbocycles. The van der Waals surface area contributed by atoms with Crippen molar-refractivity contribution in [2.75, 3.05) is 26.3 Å². The molecule has 0 bridgehead atoms. The maximum absolute atomic E-state index is 12.8. The summed E-state index contributed by atoms with van der Waals surface area (Å²) in [5.41, 5.74) is 1.75. The molecule has 1 fully saturated rings. The highest BCUT2D eigenvalue weighted by Gasteiger charge is 2.21. The summed E-state index contributed by atoms with van der Waals surface area (Å²) in [4.78, 5) is 25.2. The van der Waals surface area contributed by atoms with Crippen molar-refractivity contribution in [3.05, 3.63) is 35.4 Å². The number of carbonyl (C=O) groups is 2. The van der Waals surface area contributed by atoms with Gasteiger partial charge >= 0.3 is 5.97 Å². The van der Waals surface area contributed by atoms with Crippen LogP contribution in [0.15, 0.2) is 24.3 Å². The minimum absolute atomic E-state index is 0.0331. The number of amides is 1. The summed E-state index contributed by atoms with van der Waals surface area (Å²) in [5, 5.41) is 8.88. The molecule has 0 aliphatic carbocycles. The molecule has 1 N–H and O–H groups in total. The molecular formula is C18H25NO4. The third-order valence-electron chi connectivity index (χ3n) is 4.00. The molecule has 23 heavy (non-hydrogen) atoms. The third kappa shape index (κ3) is 5.06. The van der Waals surface area contributed by atoms with Crippen molar-refractivity contribution in [3.63, 3.8) is 0 Å². The molecule has 1 amide bonds. The van der Waals surface area contributed by atoms with Gasteiger partial charge in [0.2, 0.25) is 0 Å². The summed E-state index contributed by atoms with van der Waals surface area (Å²) in [7, 11) is 0. The lowest BCUT2D eigenvalue weighted by atomic mass is 9.96. The first-order chi connectivity index (χ1) is 11.0. The van der Waals surface area contributed by atoms with Gasteiger partial charge in [-0.2, -0.15) is 0 Å². The molecule has 1 aliphatic rings. The van der Waals surface area contributed by atoms with E-state index in [1.807, 2.05) is 32.0 Å². The molecule has 1 aromatic rings. The van der Waals surface area contributed by atoms with Crippen molar-refractivity contribution < 1.29 is 19.4 Å². The van der Waals surface area contributed by atoms with E-state index in [1.165, 1.54) is 0 Å². The molecule has 5 heteroatoms. The summed E-state index contributed by atoms with van der Waals surface area (Å²) in [6.45, 7) is 6.31. The molecule has 126 valence electrons. The zero-order valence-corrected chi connectivity index (χ0v) is 13.8. The lowest BCUT2D eigenvalue weighted by molar-refractivity contribution is -0.137. The number of rotatable bonds is 7. The highest BCUT2D eigenvalue weighted by molar-refractivity contribution is 5.94. The van der Waals surface area contributed by atoms with Gasteiger partial charge in [-0.05, 0) is 30.0 Å². The Kier molecular flexibility index (Phi) is 6.16. The molecule has 0 aromatic heterocycles. The van der Waals surface area contributed by atoms with Crippen molar-refractivity contribution in [3.8, 4) is 0 Å². The molecular weight excluding hydrogens is 294 g/mol. The largest absolute Gasteiger partial charge is 0.481 e. The number of hydrogen-bond acceptors (Lipinski definition) is 3. The van der Waals surface area contributed by atoms with Gasteiger partial charge in [0.15, 0.2) is 0 Å². The predicted octanol–water partition coefficient (Wildman–Crippen LogP) is 2.76. The number of carboxylic acid groups (broad SMARTS) is 1. The van der Waals surface area contributed by atoms with Crippen LogP contribution >= 0.6 is 0 Å². The SMILES string of the molecule is CC(C)CN(CCC(=O)O)C(=O)c1cccc(C2CCOC2)c1. The molecule has 1 unspecified atom stereocenters. The van der Waals surface area contributed by atoms with Crippen molar-refractivity contribution >= 4 is 11.9 Å². The zero-order chi connectivity index (χ0) is 16.8. The molecule has 1 atom stereocenters. The molecule has 1 heterocycles. The normalized spacial score (nSPS) is 17.4. The smallest absolute Gasteiger partial charge is 0.305 e. The van der Waals surface area contributed by atoms with E-state index in [0.29, 0.717) is 30.6 Å². The van der Waals surface area contributed by atoms with Crippen LogP contribution in [-0.2, 0) is 9.53 Å². The van der Waals surface area contributed by atoms with E-state index in [1.54, 1.807) is 11.0 Å². The van der Waals surface area contributed by atoms with E-state index < -0.39 is 5.97 Å². The molecule has 5 nitrogen and oxygen atoms in total. The van der Waals surface area contributed by atoms with Gasteiger partial charge in [-0.3, -0.25) is 9.59 Å². The Bertz CT molecular complexity index is 550. The molecule has 0 spiro atoms. The molecule has 1 saturated heterocycles. The number of carbonyl (C=O) groups excluding carboxylic acids is 1. The number of nitrogens with zero attached hydrogens (tertiary/aromatic N) is 1. The minimum Gasteiger partial charge on any atom is -0.481 e. The third-order valence-corrected chi connectivity index (χ3v) is 4.00. The summed E-state index contributed by atoms with van der Waals surface area (Å²) in [6, 6.07) is 7.65. The van der Waals surface area contributed by atoms with E-state index >= 15 is 0 Å². The van der Waals surface area contributed by atoms with Gasteiger partial charge in [-0.25, -0.2) is 0 Å². The van der Waals surface area contributed by atoms with E-state index in [-0.39, 0.29) is 18.9 Å². The second-order valence-corrected chi connectivity index (χ2v) is 6.47. The summed E-state index contributed by atoms with van der Waals surface area (Å²) < 4.78 is 5.42. The van der Waals surface area contributed by atoms with Crippen molar-refractivity contribution in [2.45, 2.75) is 32.6 Å². The van der Waals surface area contributed by atoms with Crippen LogP contribution in [0, 0.1) is 5.92 Å². The Morgan fingerprint density at radius 2 is 2.17 bits per heavy atom. The van der Waals surface area contributed by atoms with Crippen molar-refractivity contribution in [1.29, 1.82) is 0 Å². The van der Waals surface area contributed by atoms with E-state index in [4.69, 9.17) is 9.84 Å². The summed E-state index contributed by atoms with van der Waals surface area (Å²) in [6.07, 6.45) is 0.945. The number of benzene rings is 1. The van der Waals surface area contributed by atoms with Gasteiger partial charge < -0.3 is 14.7 Å². The quantitative estimate of drug-likeness (QED) is 0.839. The average molecular weight is 319 g/mol. The van der Waals surface area contributed by atoms with Gasteiger partial charge in [0.05, 0.1) is 13.0 Å². The van der Waals surface area contributed by atoms with Gasteiger partial charge in [-0.1, -0.05) is 26.0 Å². The Balaban J connectivity index is 2.14. The fourth-order valence-corrected chi connectivity index (χ4v) is 2.85. The Hall–Kier alpha value is -1.88. The van der Waals surface area contributed by atoms with Crippen LogP contribution < -0.4 is 0 Å². The second-order valence-electron chi connectivity index (χ2n) is 6.47. The summed E-state index contributed by atoms with van der Waals surface area (Å²) >= 11 is 0. The highest BCUT2D eigenvalue weighted by atomic mass is 16.5. The van der Waals surface area contributed by atoms with Crippen LogP contribution in [0.3, 0.4) is 0 Å². The topological polar surface area (TPSA) is 66.8 Å². The van der Waals surface area contributed by atoms with Gasteiger partial charge in [-0.15, -0.1) is 0 Å². The van der Waals surface area contributed by atoms with E-state index in [9.17, 15) is 9.59 Å². The number of aliphatic carboxylic acids is 1. The van der Waals surface area contributed by atoms with Crippen molar-refractivity contribution in [2.24, 2.45) is 5.92 Å². The molecule has 2 rings (SSSR count). The Labute approximate surface area is 137 Å². The van der Waals surface area contributed by atoms with Crippen LogP contribution in [0.5, 0.6) is 0 Å². The average Bonchev–Trinajstić information content (AvgIpc) is 3.05. The lowest BCUT2D eigenvalue weighted by Crippen LogP contribution is -2.36. The fourth-order valence-electron chi connectivity index (χ4n) is 2.85. The van der Waals surface area contributed by atoms with Crippen LogP contribution in [0.2, 0.25) is 0 Å². The minimum atomic E-state index is -0.886. The van der Waals surface area contributed by atoms with Gasteiger partial charge in [0.25, 0.3) is 5.91 Å². The van der Waals surface area contributed by atoms with Crippen LogP contribution in [0.4, 0.5) is 0 Å².